The fraction of sp³-hybridized carbons (Fsp3) is 0.500. The molecule has 0 spiro atoms. The minimum atomic E-state index is -0.658. The maximum atomic E-state index is 12.7. The zero-order chi connectivity index (χ0) is 28.6. The molecule has 1 saturated carbocycles. The predicted molar refractivity (Wildman–Crippen MR) is 150 cm³/mol. The maximum absolute atomic E-state index is 12.7. The molecule has 1 saturated heterocycles. The molecule has 0 radical (unpaired) electrons. The summed E-state index contributed by atoms with van der Waals surface area (Å²) in [7, 11) is 0. The number of ether oxygens (including phenoxy) is 2. The topological polar surface area (TPSA) is 133 Å². The number of likely N-dealkylation sites (tertiary alicyclic amines) is 1. The molecule has 0 unspecified atom stereocenters. The van der Waals surface area contributed by atoms with E-state index >= 15 is 0 Å². The molecule has 10 heteroatoms. The van der Waals surface area contributed by atoms with Gasteiger partial charge in [-0.05, 0) is 61.8 Å². The standard InChI is InChI=1S/C30H36N6O4/c1-15-16(2)39-28(38)18-7-8-23(35-25(15)18)34-24-9-19-20(11-32-24)26(33-12-22(19)30(5,6)31)40-17-13-36(14-17)27(37)21-10-29(21,3)4/h7-9,11-12,15-17,21H,10,13-14,31H2,1-6H3,(H,32,34,35)/t15-,16-,21+/m0/s1. The van der Waals surface area contributed by atoms with Crippen molar-refractivity contribution in [1.82, 2.24) is 19.9 Å². The van der Waals surface area contributed by atoms with Crippen molar-refractivity contribution in [2.24, 2.45) is 17.1 Å². The molecule has 3 N–H and O–H groups in total. The summed E-state index contributed by atoms with van der Waals surface area (Å²) >= 11 is 0. The summed E-state index contributed by atoms with van der Waals surface area (Å²) < 4.78 is 11.7. The predicted octanol–water partition coefficient (Wildman–Crippen LogP) is 4.26. The van der Waals surface area contributed by atoms with Gasteiger partial charge in [0.15, 0.2) is 0 Å². The van der Waals surface area contributed by atoms with Gasteiger partial charge >= 0.3 is 5.97 Å². The number of fused-ring (bicyclic) bond motifs is 2. The third-order valence-corrected chi connectivity index (χ3v) is 8.51. The van der Waals surface area contributed by atoms with E-state index in [0.717, 1.165) is 22.8 Å². The summed E-state index contributed by atoms with van der Waals surface area (Å²) in [5, 5.41) is 4.89. The molecule has 2 aliphatic heterocycles. The Labute approximate surface area is 233 Å². The Hall–Kier alpha value is -3.79. The summed E-state index contributed by atoms with van der Waals surface area (Å²) in [6, 6.07) is 5.40. The Morgan fingerprint density at radius 2 is 1.88 bits per heavy atom. The zero-order valence-electron chi connectivity index (χ0n) is 23.8. The fourth-order valence-electron chi connectivity index (χ4n) is 5.50. The molecular formula is C30H36N6O4. The third kappa shape index (κ3) is 4.64. The van der Waals surface area contributed by atoms with Crippen LogP contribution < -0.4 is 15.8 Å². The van der Waals surface area contributed by atoms with Crippen LogP contribution in [0.1, 0.15) is 75.5 Å². The molecule has 10 nitrogen and oxygen atoms in total. The summed E-state index contributed by atoms with van der Waals surface area (Å²) in [6.45, 7) is 13.1. The van der Waals surface area contributed by atoms with Gasteiger partial charge in [-0.2, -0.15) is 0 Å². The second kappa shape index (κ2) is 9.12. The van der Waals surface area contributed by atoms with Gasteiger partial charge in [-0.3, -0.25) is 4.79 Å². The normalized spacial score (nSPS) is 23.7. The van der Waals surface area contributed by atoms with Crippen molar-refractivity contribution < 1.29 is 19.1 Å². The minimum Gasteiger partial charge on any atom is -0.470 e. The summed E-state index contributed by atoms with van der Waals surface area (Å²) in [5.41, 5.74) is 8.01. The van der Waals surface area contributed by atoms with Gasteiger partial charge in [0.2, 0.25) is 11.8 Å². The van der Waals surface area contributed by atoms with E-state index in [1.807, 2.05) is 38.7 Å². The first-order chi connectivity index (χ1) is 18.8. The molecule has 3 atom stereocenters. The van der Waals surface area contributed by atoms with E-state index in [-0.39, 0.29) is 41.3 Å². The largest absolute Gasteiger partial charge is 0.470 e. The second-order valence-corrected chi connectivity index (χ2v) is 12.7. The number of esters is 1. The van der Waals surface area contributed by atoms with Crippen molar-refractivity contribution in [2.45, 2.75) is 71.6 Å². The van der Waals surface area contributed by atoms with Gasteiger partial charge < -0.3 is 25.4 Å². The average molecular weight is 545 g/mol. The molecule has 1 aliphatic carbocycles. The van der Waals surface area contributed by atoms with Gasteiger partial charge in [-0.15, -0.1) is 0 Å². The Bertz CT molecular complexity index is 1520. The molecule has 5 heterocycles. The molecule has 0 aromatic carbocycles. The number of nitrogens with one attached hydrogen (secondary N) is 1. The van der Waals surface area contributed by atoms with Crippen molar-refractivity contribution in [3.63, 3.8) is 0 Å². The summed E-state index contributed by atoms with van der Waals surface area (Å²) in [6.07, 6.45) is 4.06. The van der Waals surface area contributed by atoms with Crippen LogP contribution in [-0.4, -0.2) is 57.0 Å². The van der Waals surface area contributed by atoms with Crippen LogP contribution in [-0.2, 0) is 15.1 Å². The summed E-state index contributed by atoms with van der Waals surface area (Å²) in [5.74, 6) is 1.59. The highest BCUT2D eigenvalue weighted by atomic mass is 16.5. The lowest BCUT2D eigenvalue weighted by Gasteiger charge is -2.39. The van der Waals surface area contributed by atoms with Crippen LogP contribution in [0.5, 0.6) is 5.88 Å². The number of anilines is 2. The molecule has 1 amide bonds. The number of amides is 1. The third-order valence-electron chi connectivity index (χ3n) is 8.51. The number of rotatable bonds is 6. The van der Waals surface area contributed by atoms with E-state index in [4.69, 9.17) is 20.2 Å². The number of aromatic nitrogens is 3. The quantitative estimate of drug-likeness (QED) is 0.437. The smallest absolute Gasteiger partial charge is 0.340 e. The number of cyclic esters (lactones) is 1. The van der Waals surface area contributed by atoms with E-state index in [0.29, 0.717) is 41.9 Å². The first-order valence-corrected chi connectivity index (χ1v) is 13.8. The number of carbonyl (C=O) groups excluding carboxylic acids is 2. The lowest BCUT2D eigenvalue weighted by atomic mass is 9.93. The van der Waals surface area contributed by atoms with Gasteiger partial charge in [0.05, 0.1) is 29.7 Å². The molecule has 3 aromatic heterocycles. The van der Waals surface area contributed by atoms with Crippen molar-refractivity contribution in [3.05, 3.63) is 47.4 Å². The van der Waals surface area contributed by atoms with Crippen LogP contribution in [0.15, 0.2) is 30.6 Å². The van der Waals surface area contributed by atoms with Crippen LogP contribution in [0.3, 0.4) is 0 Å². The van der Waals surface area contributed by atoms with Gasteiger partial charge in [0, 0.05) is 29.8 Å². The lowest BCUT2D eigenvalue weighted by Crippen LogP contribution is -2.57. The molecular weight excluding hydrogens is 508 g/mol. The number of hydrogen-bond donors (Lipinski definition) is 2. The van der Waals surface area contributed by atoms with E-state index in [1.165, 1.54) is 0 Å². The number of hydrogen-bond acceptors (Lipinski definition) is 9. The minimum absolute atomic E-state index is 0.0251. The number of pyridine rings is 3. The molecule has 6 rings (SSSR count). The highest BCUT2D eigenvalue weighted by molar-refractivity contribution is 5.93. The monoisotopic (exact) mass is 544 g/mol. The highest BCUT2D eigenvalue weighted by Crippen LogP contribution is 2.52. The molecule has 40 heavy (non-hydrogen) atoms. The van der Waals surface area contributed by atoms with Gasteiger partial charge in [-0.1, -0.05) is 20.8 Å². The summed E-state index contributed by atoms with van der Waals surface area (Å²) in [4.78, 5) is 40.8. The van der Waals surface area contributed by atoms with Gasteiger partial charge in [-0.25, -0.2) is 19.7 Å². The maximum Gasteiger partial charge on any atom is 0.340 e. The van der Waals surface area contributed by atoms with Crippen LogP contribution in [0.25, 0.3) is 10.8 Å². The van der Waals surface area contributed by atoms with Crippen molar-refractivity contribution >= 4 is 34.3 Å². The number of nitrogens with two attached hydrogens (primary N) is 1. The van der Waals surface area contributed by atoms with Gasteiger partial charge in [0.25, 0.3) is 0 Å². The van der Waals surface area contributed by atoms with E-state index in [2.05, 4.69) is 29.1 Å². The highest BCUT2D eigenvalue weighted by Gasteiger charge is 2.53. The molecule has 0 bridgehead atoms. The molecule has 3 aliphatic rings. The Kier molecular flexibility index (Phi) is 6.03. The number of nitrogens with zero attached hydrogens (tertiary/aromatic N) is 4. The first kappa shape index (κ1) is 26.4. The van der Waals surface area contributed by atoms with Crippen molar-refractivity contribution in [1.29, 1.82) is 0 Å². The Morgan fingerprint density at radius 3 is 2.55 bits per heavy atom. The Morgan fingerprint density at radius 1 is 1.15 bits per heavy atom. The number of carbonyl (C=O) groups is 2. The molecule has 210 valence electrons. The zero-order valence-corrected chi connectivity index (χ0v) is 23.8. The van der Waals surface area contributed by atoms with Gasteiger partial charge in [0.1, 0.15) is 23.8 Å². The average Bonchev–Trinajstić information content (AvgIpc) is 3.51. The van der Waals surface area contributed by atoms with E-state index in [1.54, 1.807) is 24.5 Å². The fourth-order valence-corrected chi connectivity index (χ4v) is 5.50. The van der Waals surface area contributed by atoms with Crippen LogP contribution >= 0.6 is 0 Å². The van der Waals surface area contributed by atoms with Crippen LogP contribution in [0, 0.1) is 11.3 Å². The van der Waals surface area contributed by atoms with Crippen LogP contribution in [0.4, 0.5) is 11.6 Å². The lowest BCUT2D eigenvalue weighted by molar-refractivity contribution is -0.142. The van der Waals surface area contributed by atoms with E-state index in [9.17, 15) is 9.59 Å². The molecule has 2 fully saturated rings. The van der Waals surface area contributed by atoms with Crippen LogP contribution in [0.2, 0.25) is 0 Å². The SMILES string of the molecule is C[C@@H]1OC(=O)c2ccc(Nc3cc4c(C(C)(C)N)cnc(OC5CN(C(=O)[C@H]6CC6(C)C)C5)c4cn3)nc2[C@H]1C. The second-order valence-electron chi connectivity index (χ2n) is 12.7. The molecule has 3 aromatic rings. The van der Waals surface area contributed by atoms with Crippen molar-refractivity contribution in [3.8, 4) is 5.88 Å². The first-order valence-electron chi connectivity index (χ1n) is 13.8. The Balaban J connectivity index is 1.25. The van der Waals surface area contributed by atoms with Crippen molar-refractivity contribution in [2.75, 3.05) is 18.4 Å². The van der Waals surface area contributed by atoms with E-state index < -0.39 is 5.54 Å².